The minimum atomic E-state index is -0.435. The van der Waals surface area contributed by atoms with Crippen molar-refractivity contribution in [2.75, 3.05) is 12.4 Å². The van der Waals surface area contributed by atoms with E-state index in [-0.39, 0.29) is 6.54 Å². The van der Waals surface area contributed by atoms with Gasteiger partial charge in [-0.3, -0.25) is 4.79 Å². The standard InChI is InChI=1S/C23H17N7O3/c1-33-18-8-4-16(5-9-18)19-12-20-22-27-30(23(32)28(22)10-11-29(20)26-19)14-21(31)25-17-6-2-15(13-24)3-7-17/h2-12H,14H2,1H3,(H,25,31). The smallest absolute Gasteiger partial charge is 0.350 e. The van der Waals surface area contributed by atoms with E-state index in [0.717, 1.165) is 16.0 Å². The van der Waals surface area contributed by atoms with Crippen LogP contribution in [0.4, 0.5) is 5.69 Å². The van der Waals surface area contributed by atoms with Gasteiger partial charge in [0.15, 0.2) is 5.65 Å². The molecule has 0 aliphatic rings. The zero-order valence-electron chi connectivity index (χ0n) is 17.5. The molecule has 0 fully saturated rings. The third kappa shape index (κ3) is 3.68. The van der Waals surface area contributed by atoms with E-state index in [4.69, 9.17) is 10.00 Å². The Kier molecular flexibility index (Phi) is 4.84. The fourth-order valence-electron chi connectivity index (χ4n) is 3.50. The zero-order chi connectivity index (χ0) is 22.9. The van der Waals surface area contributed by atoms with Gasteiger partial charge in [0.05, 0.1) is 24.4 Å². The summed E-state index contributed by atoms with van der Waals surface area (Å²) in [5.74, 6) is 0.336. The number of ether oxygens (including phenoxy) is 1. The quantitative estimate of drug-likeness (QED) is 0.449. The number of fused-ring (bicyclic) bond motifs is 3. The first kappa shape index (κ1) is 20.0. The maximum absolute atomic E-state index is 12.8. The fourth-order valence-corrected chi connectivity index (χ4v) is 3.50. The number of carbonyl (C=O) groups is 1. The predicted molar refractivity (Wildman–Crippen MR) is 120 cm³/mol. The summed E-state index contributed by atoms with van der Waals surface area (Å²) in [5, 5.41) is 20.5. The van der Waals surface area contributed by atoms with Gasteiger partial charge in [-0.05, 0) is 54.6 Å². The van der Waals surface area contributed by atoms with Crippen molar-refractivity contribution in [3.8, 4) is 23.1 Å². The van der Waals surface area contributed by atoms with E-state index in [1.165, 1.54) is 4.40 Å². The molecule has 0 unspecified atom stereocenters. The van der Waals surface area contributed by atoms with Crippen molar-refractivity contribution in [1.29, 1.82) is 5.26 Å². The van der Waals surface area contributed by atoms with Gasteiger partial charge in [-0.2, -0.15) is 10.4 Å². The average molecular weight is 439 g/mol. The van der Waals surface area contributed by atoms with Crippen LogP contribution in [-0.2, 0) is 11.3 Å². The number of hydrogen-bond acceptors (Lipinski definition) is 6. The number of hydrogen-bond donors (Lipinski definition) is 1. The lowest BCUT2D eigenvalue weighted by Gasteiger charge is -2.04. The van der Waals surface area contributed by atoms with Crippen LogP contribution in [0.2, 0.25) is 0 Å². The van der Waals surface area contributed by atoms with Gasteiger partial charge in [0, 0.05) is 23.6 Å². The van der Waals surface area contributed by atoms with Crippen LogP contribution in [0.5, 0.6) is 5.75 Å². The molecule has 10 nitrogen and oxygen atoms in total. The highest BCUT2D eigenvalue weighted by Crippen LogP contribution is 2.23. The maximum atomic E-state index is 12.8. The Bertz CT molecular complexity index is 1590. The molecule has 3 heterocycles. The molecular weight excluding hydrogens is 422 g/mol. The number of benzene rings is 2. The van der Waals surface area contributed by atoms with Gasteiger partial charge >= 0.3 is 5.69 Å². The van der Waals surface area contributed by atoms with Crippen LogP contribution >= 0.6 is 0 Å². The second-order valence-electron chi connectivity index (χ2n) is 7.26. The van der Waals surface area contributed by atoms with Crippen LogP contribution in [0, 0.1) is 11.3 Å². The van der Waals surface area contributed by atoms with Crippen LogP contribution in [0.3, 0.4) is 0 Å². The molecule has 10 heteroatoms. The van der Waals surface area contributed by atoms with E-state index in [2.05, 4.69) is 15.5 Å². The average Bonchev–Trinajstić information content (AvgIpc) is 3.41. The molecule has 5 rings (SSSR count). The Morgan fingerprint density at radius 2 is 1.85 bits per heavy atom. The van der Waals surface area contributed by atoms with Crippen molar-refractivity contribution >= 4 is 22.8 Å². The lowest BCUT2D eigenvalue weighted by atomic mass is 10.1. The van der Waals surface area contributed by atoms with Gasteiger partial charge in [-0.25, -0.2) is 18.4 Å². The van der Waals surface area contributed by atoms with Gasteiger partial charge in [0.25, 0.3) is 0 Å². The molecule has 0 spiro atoms. The van der Waals surface area contributed by atoms with E-state index >= 15 is 0 Å². The zero-order valence-corrected chi connectivity index (χ0v) is 17.5. The number of nitrogens with one attached hydrogen (secondary N) is 1. The highest BCUT2D eigenvalue weighted by Gasteiger charge is 2.15. The summed E-state index contributed by atoms with van der Waals surface area (Å²) < 4.78 is 9.32. The fraction of sp³-hybridized carbons (Fsp3) is 0.0870. The number of carbonyl (C=O) groups excluding carboxylic acids is 1. The molecule has 162 valence electrons. The summed E-state index contributed by atoms with van der Waals surface area (Å²) in [5.41, 5.74) is 3.20. The molecule has 0 atom stereocenters. The normalized spacial score (nSPS) is 10.9. The number of amides is 1. The molecule has 0 aliphatic heterocycles. The highest BCUT2D eigenvalue weighted by molar-refractivity contribution is 5.90. The minimum absolute atomic E-state index is 0.258. The minimum Gasteiger partial charge on any atom is -0.497 e. The summed E-state index contributed by atoms with van der Waals surface area (Å²) in [6.45, 7) is -0.258. The first-order chi connectivity index (χ1) is 16.1. The molecule has 1 amide bonds. The van der Waals surface area contributed by atoms with Crippen LogP contribution in [-0.4, -0.2) is 36.8 Å². The van der Waals surface area contributed by atoms with E-state index < -0.39 is 11.6 Å². The first-order valence-electron chi connectivity index (χ1n) is 9.98. The van der Waals surface area contributed by atoms with E-state index in [0.29, 0.717) is 28.1 Å². The monoisotopic (exact) mass is 439 g/mol. The molecule has 0 aliphatic carbocycles. The molecule has 33 heavy (non-hydrogen) atoms. The third-order valence-corrected chi connectivity index (χ3v) is 5.17. The number of nitrogens with zero attached hydrogens (tertiary/aromatic N) is 6. The SMILES string of the molecule is COc1ccc(-c2cc3c4nn(CC(=O)Nc5ccc(C#N)cc5)c(=O)n4ccn3n2)cc1. The second kappa shape index (κ2) is 7.97. The molecule has 2 aromatic carbocycles. The topological polar surface area (TPSA) is 119 Å². The van der Waals surface area contributed by atoms with Crippen LogP contribution < -0.4 is 15.7 Å². The van der Waals surface area contributed by atoms with Crippen LogP contribution in [0.15, 0.2) is 71.8 Å². The van der Waals surface area contributed by atoms with Gasteiger partial charge < -0.3 is 10.1 Å². The summed E-state index contributed by atoms with van der Waals surface area (Å²) in [7, 11) is 1.61. The number of aromatic nitrogens is 5. The van der Waals surface area contributed by atoms with Crippen LogP contribution in [0.25, 0.3) is 22.4 Å². The van der Waals surface area contributed by atoms with Crippen molar-refractivity contribution in [2.45, 2.75) is 6.54 Å². The Morgan fingerprint density at radius 1 is 1.09 bits per heavy atom. The van der Waals surface area contributed by atoms with Crippen molar-refractivity contribution in [1.82, 2.24) is 23.8 Å². The van der Waals surface area contributed by atoms with Crippen molar-refractivity contribution in [3.05, 3.63) is 83.0 Å². The Balaban J connectivity index is 1.45. The van der Waals surface area contributed by atoms with Crippen molar-refractivity contribution in [3.63, 3.8) is 0 Å². The van der Waals surface area contributed by atoms with Crippen molar-refractivity contribution in [2.24, 2.45) is 0 Å². The van der Waals surface area contributed by atoms with Crippen LogP contribution in [0.1, 0.15) is 5.56 Å². The summed E-state index contributed by atoms with van der Waals surface area (Å²) in [6.07, 6.45) is 3.23. The predicted octanol–water partition coefficient (Wildman–Crippen LogP) is 2.33. The molecule has 0 bridgehead atoms. The molecule has 1 N–H and O–H groups in total. The highest BCUT2D eigenvalue weighted by atomic mass is 16.5. The lowest BCUT2D eigenvalue weighted by Crippen LogP contribution is -2.28. The van der Waals surface area contributed by atoms with Crippen molar-refractivity contribution < 1.29 is 9.53 Å². The molecule has 0 saturated heterocycles. The maximum Gasteiger partial charge on any atom is 0.350 e. The number of rotatable bonds is 5. The van der Waals surface area contributed by atoms with Gasteiger partial charge in [0.2, 0.25) is 5.91 Å². The summed E-state index contributed by atoms with van der Waals surface area (Å²) >= 11 is 0. The Hall–Kier alpha value is -4.91. The van der Waals surface area contributed by atoms with Gasteiger partial charge in [-0.1, -0.05) is 0 Å². The summed E-state index contributed by atoms with van der Waals surface area (Å²) in [4.78, 5) is 25.3. The van der Waals surface area contributed by atoms with E-state index in [9.17, 15) is 9.59 Å². The lowest BCUT2D eigenvalue weighted by molar-refractivity contribution is -0.117. The molecule has 0 radical (unpaired) electrons. The number of nitriles is 1. The Morgan fingerprint density at radius 3 is 2.55 bits per heavy atom. The molecule has 5 aromatic rings. The number of anilines is 1. The first-order valence-corrected chi connectivity index (χ1v) is 9.98. The summed E-state index contributed by atoms with van der Waals surface area (Å²) in [6, 6.07) is 17.8. The molecule has 3 aromatic heterocycles. The number of methoxy groups -OCH3 is 1. The van der Waals surface area contributed by atoms with Gasteiger partial charge in [0.1, 0.15) is 17.8 Å². The largest absolute Gasteiger partial charge is 0.497 e. The third-order valence-electron chi connectivity index (χ3n) is 5.17. The molecule has 0 saturated carbocycles. The van der Waals surface area contributed by atoms with Gasteiger partial charge in [-0.15, -0.1) is 5.10 Å². The molecular formula is C23H17N7O3. The van der Waals surface area contributed by atoms with E-state index in [1.807, 2.05) is 36.4 Å². The van der Waals surface area contributed by atoms with E-state index in [1.54, 1.807) is 48.3 Å². The Labute approximate surface area is 186 Å². The second-order valence-corrected chi connectivity index (χ2v) is 7.26.